The zero-order chi connectivity index (χ0) is 15.7. The molecule has 0 saturated heterocycles. The topological polar surface area (TPSA) is 70.6 Å². The highest BCUT2D eigenvalue weighted by molar-refractivity contribution is 5.73. The third kappa shape index (κ3) is 6.94. The van der Waals surface area contributed by atoms with E-state index in [2.05, 4.69) is 10.6 Å². The maximum atomic E-state index is 12.9. The minimum Gasteiger partial charge on any atom is -0.492 e. The van der Waals surface area contributed by atoms with E-state index in [-0.39, 0.29) is 30.9 Å². The van der Waals surface area contributed by atoms with Crippen LogP contribution in [0.1, 0.15) is 20.3 Å². The molecule has 3 N–H and O–H groups in total. The van der Waals surface area contributed by atoms with Gasteiger partial charge in [-0.05, 0) is 18.1 Å². The van der Waals surface area contributed by atoms with Crippen LogP contribution in [0.15, 0.2) is 24.3 Å². The molecule has 2 atom stereocenters. The van der Waals surface area contributed by atoms with Gasteiger partial charge in [-0.15, -0.1) is 0 Å². The first-order valence-corrected chi connectivity index (χ1v) is 7.11. The van der Waals surface area contributed by atoms with Gasteiger partial charge in [-0.3, -0.25) is 0 Å². The van der Waals surface area contributed by atoms with E-state index in [0.717, 1.165) is 6.42 Å². The lowest BCUT2D eigenvalue weighted by Crippen LogP contribution is -2.42. The Hall–Kier alpha value is -1.82. The molecule has 0 heterocycles. The van der Waals surface area contributed by atoms with Gasteiger partial charge in [0, 0.05) is 12.6 Å². The van der Waals surface area contributed by atoms with Gasteiger partial charge in [-0.2, -0.15) is 0 Å². The first-order valence-electron chi connectivity index (χ1n) is 7.11. The van der Waals surface area contributed by atoms with Crippen molar-refractivity contribution in [3.63, 3.8) is 0 Å². The van der Waals surface area contributed by atoms with Crippen molar-refractivity contribution in [3.05, 3.63) is 30.1 Å². The number of aliphatic hydroxyl groups excluding tert-OH is 1. The molecule has 1 rings (SSSR count). The van der Waals surface area contributed by atoms with Crippen LogP contribution in [-0.2, 0) is 0 Å². The van der Waals surface area contributed by atoms with Crippen LogP contribution >= 0.6 is 0 Å². The number of hydrogen-bond acceptors (Lipinski definition) is 3. The predicted octanol–water partition coefficient (Wildman–Crippen LogP) is 1.91. The summed E-state index contributed by atoms with van der Waals surface area (Å²) in [5, 5.41) is 14.9. The molecule has 1 aromatic rings. The summed E-state index contributed by atoms with van der Waals surface area (Å²) < 4.78 is 18.2. The van der Waals surface area contributed by atoms with Crippen LogP contribution in [0.2, 0.25) is 0 Å². The SMILES string of the molecule is CCC(C)C(O)CNC(=O)NCCOc1cccc(F)c1. The maximum absolute atomic E-state index is 12.9. The van der Waals surface area contributed by atoms with Crippen molar-refractivity contribution < 1.29 is 19.0 Å². The summed E-state index contributed by atoms with van der Waals surface area (Å²) in [6.07, 6.45) is 0.302. The molecule has 21 heavy (non-hydrogen) atoms. The summed E-state index contributed by atoms with van der Waals surface area (Å²) in [6.45, 7) is 4.66. The maximum Gasteiger partial charge on any atom is 0.315 e. The zero-order valence-corrected chi connectivity index (χ0v) is 12.4. The minimum absolute atomic E-state index is 0.140. The lowest BCUT2D eigenvalue weighted by atomic mass is 10.0. The normalized spacial score (nSPS) is 13.3. The van der Waals surface area contributed by atoms with Crippen molar-refractivity contribution in [2.24, 2.45) is 5.92 Å². The summed E-state index contributed by atoms with van der Waals surface area (Å²) in [7, 11) is 0. The average molecular weight is 298 g/mol. The van der Waals surface area contributed by atoms with Gasteiger partial charge in [-0.1, -0.05) is 26.3 Å². The Bertz CT molecular complexity index is 443. The van der Waals surface area contributed by atoms with Gasteiger partial charge < -0.3 is 20.5 Å². The van der Waals surface area contributed by atoms with Crippen molar-refractivity contribution >= 4 is 6.03 Å². The van der Waals surface area contributed by atoms with E-state index in [1.54, 1.807) is 12.1 Å². The average Bonchev–Trinajstić information content (AvgIpc) is 2.48. The summed E-state index contributed by atoms with van der Waals surface area (Å²) in [4.78, 5) is 11.5. The predicted molar refractivity (Wildman–Crippen MR) is 78.8 cm³/mol. The van der Waals surface area contributed by atoms with Gasteiger partial charge in [-0.25, -0.2) is 9.18 Å². The zero-order valence-electron chi connectivity index (χ0n) is 12.4. The van der Waals surface area contributed by atoms with E-state index in [4.69, 9.17) is 4.74 Å². The van der Waals surface area contributed by atoms with Crippen LogP contribution in [0.3, 0.4) is 0 Å². The van der Waals surface area contributed by atoms with Gasteiger partial charge in [0.2, 0.25) is 0 Å². The van der Waals surface area contributed by atoms with Crippen molar-refractivity contribution in [1.29, 1.82) is 0 Å². The Morgan fingerprint density at radius 2 is 2.19 bits per heavy atom. The van der Waals surface area contributed by atoms with Gasteiger partial charge in [0.15, 0.2) is 0 Å². The summed E-state index contributed by atoms with van der Waals surface area (Å²) >= 11 is 0. The fraction of sp³-hybridized carbons (Fsp3) is 0.533. The van der Waals surface area contributed by atoms with Crippen LogP contribution in [0.4, 0.5) is 9.18 Å². The highest BCUT2D eigenvalue weighted by Crippen LogP contribution is 2.11. The molecular formula is C15H23FN2O3. The minimum atomic E-state index is -0.552. The number of ether oxygens (including phenoxy) is 1. The molecule has 2 unspecified atom stereocenters. The molecule has 5 nitrogen and oxygen atoms in total. The van der Waals surface area contributed by atoms with Gasteiger partial charge in [0.1, 0.15) is 18.2 Å². The van der Waals surface area contributed by atoms with E-state index in [0.29, 0.717) is 12.3 Å². The number of halogens is 1. The molecule has 0 radical (unpaired) electrons. The summed E-state index contributed by atoms with van der Waals surface area (Å²) in [5.41, 5.74) is 0. The monoisotopic (exact) mass is 298 g/mol. The third-order valence-electron chi connectivity index (χ3n) is 3.22. The summed E-state index contributed by atoms with van der Waals surface area (Å²) in [5.74, 6) is 0.197. The van der Waals surface area contributed by atoms with Crippen molar-refractivity contribution in [2.75, 3.05) is 19.7 Å². The molecule has 6 heteroatoms. The second-order valence-corrected chi connectivity index (χ2v) is 4.90. The van der Waals surface area contributed by atoms with Gasteiger partial charge in [0.05, 0.1) is 12.6 Å². The molecule has 0 saturated carbocycles. The van der Waals surface area contributed by atoms with Gasteiger partial charge in [0.25, 0.3) is 0 Å². The second kappa shape index (κ2) is 9.18. The Morgan fingerprint density at radius 1 is 1.43 bits per heavy atom. The molecule has 0 aliphatic heterocycles. The fourth-order valence-electron chi connectivity index (χ4n) is 1.62. The molecular weight excluding hydrogens is 275 g/mol. The molecule has 0 bridgehead atoms. The number of carbonyl (C=O) groups excluding carboxylic acids is 1. The van der Waals surface area contributed by atoms with Crippen molar-refractivity contribution in [2.45, 2.75) is 26.4 Å². The smallest absolute Gasteiger partial charge is 0.315 e. The first kappa shape index (κ1) is 17.2. The van der Waals surface area contributed by atoms with Crippen molar-refractivity contribution in [3.8, 4) is 5.75 Å². The first-order chi connectivity index (χ1) is 10.0. The van der Waals surface area contributed by atoms with E-state index < -0.39 is 6.10 Å². The quantitative estimate of drug-likeness (QED) is 0.642. The second-order valence-electron chi connectivity index (χ2n) is 4.90. The number of carbonyl (C=O) groups is 1. The number of rotatable bonds is 8. The number of nitrogens with one attached hydrogen (secondary N) is 2. The van der Waals surface area contributed by atoms with Crippen LogP contribution in [-0.4, -0.2) is 36.9 Å². The Morgan fingerprint density at radius 3 is 2.86 bits per heavy atom. The van der Waals surface area contributed by atoms with E-state index in [9.17, 15) is 14.3 Å². The molecule has 0 aromatic heterocycles. The number of benzene rings is 1. The number of amides is 2. The molecule has 1 aromatic carbocycles. The number of urea groups is 1. The third-order valence-corrected chi connectivity index (χ3v) is 3.22. The van der Waals surface area contributed by atoms with Crippen LogP contribution < -0.4 is 15.4 Å². The Kier molecular flexibility index (Phi) is 7.53. The number of aliphatic hydroxyl groups is 1. The van der Waals surface area contributed by atoms with Crippen LogP contribution in [0, 0.1) is 11.7 Å². The highest BCUT2D eigenvalue weighted by atomic mass is 19.1. The molecule has 0 spiro atoms. The van der Waals surface area contributed by atoms with Crippen molar-refractivity contribution in [1.82, 2.24) is 10.6 Å². The highest BCUT2D eigenvalue weighted by Gasteiger charge is 2.12. The van der Waals surface area contributed by atoms with Crippen LogP contribution in [0.25, 0.3) is 0 Å². The molecule has 118 valence electrons. The summed E-state index contributed by atoms with van der Waals surface area (Å²) in [6, 6.07) is 5.46. The van der Waals surface area contributed by atoms with Gasteiger partial charge >= 0.3 is 6.03 Å². The lowest BCUT2D eigenvalue weighted by Gasteiger charge is -2.17. The fourth-order valence-corrected chi connectivity index (χ4v) is 1.62. The van der Waals surface area contributed by atoms with E-state index >= 15 is 0 Å². The van der Waals surface area contributed by atoms with Crippen LogP contribution in [0.5, 0.6) is 5.75 Å². The Labute approximate surface area is 124 Å². The lowest BCUT2D eigenvalue weighted by molar-refractivity contribution is 0.114. The molecule has 0 aliphatic rings. The van der Waals surface area contributed by atoms with E-state index in [1.807, 2.05) is 13.8 Å². The molecule has 2 amide bonds. The number of hydrogen-bond donors (Lipinski definition) is 3. The Balaban J connectivity index is 2.13. The van der Waals surface area contributed by atoms with E-state index in [1.165, 1.54) is 12.1 Å². The molecule has 0 fully saturated rings. The molecule has 0 aliphatic carbocycles. The largest absolute Gasteiger partial charge is 0.492 e. The standard InChI is InChI=1S/C15H23FN2O3/c1-3-11(2)14(19)10-18-15(20)17-7-8-21-13-6-4-5-12(16)9-13/h4-6,9,11,14,19H,3,7-8,10H2,1-2H3,(H2,17,18,20).